The van der Waals surface area contributed by atoms with Crippen LogP contribution in [-0.2, 0) is 9.59 Å². The number of carbonyl (C=O) groups excluding carboxylic acids is 2. The van der Waals surface area contributed by atoms with Gasteiger partial charge in [0.1, 0.15) is 0 Å². The monoisotopic (exact) mass is 164 g/mol. The number of rotatable bonds is 0. The minimum atomic E-state index is -0.285. The predicted molar refractivity (Wildman–Crippen MR) is 44.6 cm³/mol. The molecule has 2 bridgehead atoms. The average molecular weight is 164 g/mol. The number of Topliss-reactive ketones (excluding diaryl/α,β-unsaturated/α-hetero) is 1. The average Bonchev–Trinajstić information content (AvgIpc) is 2.01. The van der Waals surface area contributed by atoms with Crippen LogP contribution in [0.25, 0.3) is 0 Å². The molecule has 0 aromatic rings. The van der Waals surface area contributed by atoms with Crippen molar-refractivity contribution in [3.8, 4) is 0 Å². The van der Waals surface area contributed by atoms with Crippen LogP contribution in [0.4, 0.5) is 0 Å². The van der Waals surface area contributed by atoms with Crippen LogP contribution in [0.2, 0.25) is 0 Å². The Morgan fingerprint density at radius 2 is 1.92 bits per heavy atom. The van der Waals surface area contributed by atoms with Crippen molar-refractivity contribution in [2.45, 2.75) is 26.2 Å². The first-order valence-corrected chi connectivity index (χ1v) is 4.46. The van der Waals surface area contributed by atoms with Crippen LogP contribution in [0, 0.1) is 11.8 Å². The van der Waals surface area contributed by atoms with Gasteiger partial charge in [-0.15, -0.1) is 0 Å². The molecule has 2 nitrogen and oxygen atoms in total. The highest BCUT2D eigenvalue weighted by atomic mass is 16.2. The van der Waals surface area contributed by atoms with E-state index in [1.807, 2.05) is 6.92 Å². The fraction of sp³-hybridized carbons (Fsp3) is 0.600. The molecule has 2 atom stereocenters. The molecule has 0 unspecified atom stereocenters. The summed E-state index contributed by atoms with van der Waals surface area (Å²) in [7, 11) is 0. The van der Waals surface area contributed by atoms with Crippen LogP contribution in [-0.4, -0.2) is 11.6 Å². The van der Waals surface area contributed by atoms with Crippen LogP contribution >= 0.6 is 0 Å². The fourth-order valence-corrected chi connectivity index (χ4v) is 2.21. The quantitative estimate of drug-likeness (QED) is 0.508. The number of fused-ring (bicyclic) bond motifs is 2. The Balaban J connectivity index is 2.41. The third-order valence-corrected chi connectivity index (χ3v) is 2.94. The van der Waals surface area contributed by atoms with Crippen LogP contribution in [0.5, 0.6) is 0 Å². The third-order valence-electron chi connectivity index (χ3n) is 2.94. The van der Waals surface area contributed by atoms with E-state index in [2.05, 4.69) is 0 Å². The zero-order valence-electron chi connectivity index (χ0n) is 7.17. The molecule has 0 aliphatic heterocycles. The smallest absolute Gasteiger partial charge is 0.166 e. The van der Waals surface area contributed by atoms with Crippen molar-refractivity contribution in [2.24, 2.45) is 11.8 Å². The van der Waals surface area contributed by atoms with Gasteiger partial charge < -0.3 is 0 Å². The van der Waals surface area contributed by atoms with E-state index in [-0.39, 0.29) is 23.4 Å². The molecule has 0 amide bonds. The molecule has 2 aliphatic carbocycles. The lowest BCUT2D eigenvalue weighted by Gasteiger charge is -2.30. The predicted octanol–water partition coefficient (Wildman–Crippen LogP) is 1.50. The minimum absolute atomic E-state index is 0.0356. The van der Waals surface area contributed by atoms with E-state index in [9.17, 15) is 9.59 Å². The standard InChI is InChI=1S/C10H12O2/c1-6-5-9(11)8-4-2-3-7(6)10(8)12/h5,7-8H,2-4H2,1H3/t7-,8+/m0/s1. The molecule has 0 aromatic carbocycles. The number of allylic oxidation sites excluding steroid dienone is 2. The summed E-state index contributed by atoms with van der Waals surface area (Å²) >= 11 is 0. The molecule has 0 saturated heterocycles. The van der Waals surface area contributed by atoms with Crippen molar-refractivity contribution < 1.29 is 9.59 Å². The summed E-state index contributed by atoms with van der Waals surface area (Å²) in [6, 6.07) is 0. The number of ketones is 2. The van der Waals surface area contributed by atoms with Gasteiger partial charge in [-0.05, 0) is 25.8 Å². The molecule has 2 aliphatic rings. The Morgan fingerprint density at radius 1 is 1.25 bits per heavy atom. The molecule has 2 rings (SSSR count). The summed E-state index contributed by atoms with van der Waals surface area (Å²) in [6.45, 7) is 1.89. The van der Waals surface area contributed by atoms with Crippen molar-refractivity contribution in [1.82, 2.24) is 0 Å². The van der Waals surface area contributed by atoms with Crippen molar-refractivity contribution >= 4 is 11.6 Å². The second-order valence-electron chi connectivity index (χ2n) is 3.73. The van der Waals surface area contributed by atoms with Crippen molar-refractivity contribution in [3.63, 3.8) is 0 Å². The van der Waals surface area contributed by atoms with Gasteiger partial charge in [-0.2, -0.15) is 0 Å². The SMILES string of the molecule is CC1=CC(=O)[C@H]2CCC[C@@H]1C2=O. The molecular weight excluding hydrogens is 152 g/mol. The van der Waals surface area contributed by atoms with E-state index in [4.69, 9.17) is 0 Å². The summed E-state index contributed by atoms with van der Waals surface area (Å²) in [5, 5.41) is 0. The Labute approximate surface area is 71.6 Å². The van der Waals surface area contributed by atoms with Crippen LogP contribution in [0.3, 0.4) is 0 Å². The van der Waals surface area contributed by atoms with Gasteiger partial charge in [-0.3, -0.25) is 9.59 Å². The van der Waals surface area contributed by atoms with Gasteiger partial charge in [0.25, 0.3) is 0 Å². The summed E-state index contributed by atoms with van der Waals surface area (Å²) in [4.78, 5) is 22.9. The summed E-state index contributed by atoms with van der Waals surface area (Å²) in [5.74, 6) is -0.00593. The van der Waals surface area contributed by atoms with Crippen molar-refractivity contribution in [3.05, 3.63) is 11.6 Å². The molecular formula is C10H12O2. The second-order valence-corrected chi connectivity index (χ2v) is 3.73. The first kappa shape index (κ1) is 7.71. The fourth-order valence-electron chi connectivity index (χ4n) is 2.21. The highest BCUT2D eigenvalue weighted by molar-refractivity contribution is 6.12. The highest BCUT2D eigenvalue weighted by Crippen LogP contribution is 2.35. The lowest BCUT2D eigenvalue weighted by atomic mass is 9.71. The first-order chi connectivity index (χ1) is 5.70. The van der Waals surface area contributed by atoms with Gasteiger partial charge in [0.2, 0.25) is 0 Å². The van der Waals surface area contributed by atoms with Gasteiger partial charge in [0, 0.05) is 5.92 Å². The molecule has 0 radical (unpaired) electrons. The maximum Gasteiger partial charge on any atom is 0.166 e. The van der Waals surface area contributed by atoms with Crippen LogP contribution < -0.4 is 0 Å². The maximum absolute atomic E-state index is 11.6. The number of hydrogen-bond donors (Lipinski definition) is 0. The Hall–Kier alpha value is -0.920. The zero-order chi connectivity index (χ0) is 8.72. The van der Waals surface area contributed by atoms with Gasteiger partial charge in [-0.25, -0.2) is 0 Å². The number of hydrogen-bond acceptors (Lipinski definition) is 2. The molecule has 0 aromatic heterocycles. The molecule has 0 spiro atoms. The maximum atomic E-state index is 11.6. The van der Waals surface area contributed by atoms with Gasteiger partial charge in [-0.1, -0.05) is 12.0 Å². The largest absolute Gasteiger partial charge is 0.298 e. The minimum Gasteiger partial charge on any atom is -0.298 e. The Bertz CT molecular complexity index is 276. The molecule has 1 fully saturated rings. The zero-order valence-corrected chi connectivity index (χ0v) is 7.17. The Morgan fingerprint density at radius 3 is 2.67 bits per heavy atom. The van der Waals surface area contributed by atoms with E-state index in [1.165, 1.54) is 0 Å². The normalized spacial score (nSPS) is 34.9. The van der Waals surface area contributed by atoms with Crippen molar-refractivity contribution in [1.29, 1.82) is 0 Å². The van der Waals surface area contributed by atoms with Crippen LogP contribution in [0.1, 0.15) is 26.2 Å². The lowest BCUT2D eigenvalue weighted by molar-refractivity contribution is -0.135. The molecule has 0 heterocycles. The van der Waals surface area contributed by atoms with Crippen molar-refractivity contribution in [2.75, 3.05) is 0 Å². The summed E-state index contributed by atoms with van der Waals surface area (Å²) in [5.41, 5.74) is 0.973. The lowest BCUT2D eigenvalue weighted by Crippen LogP contribution is -2.37. The number of carbonyl (C=O) groups is 2. The second kappa shape index (κ2) is 2.54. The van der Waals surface area contributed by atoms with Gasteiger partial charge in [0.05, 0.1) is 5.92 Å². The molecule has 0 N–H and O–H groups in total. The first-order valence-electron chi connectivity index (χ1n) is 4.46. The molecule has 2 heteroatoms. The topological polar surface area (TPSA) is 34.1 Å². The molecule has 1 saturated carbocycles. The molecule has 12 heavy (non-hydrogen) atoms. The van der Waals surface area contributed by atoms with Gasteiger partial charge >= 0.3 is 0 Å². The van der Waals surface area contributed by atoms with Gasteiger partial charge in [0.15, 0.2) is 11.6 Å². The van der Waals surface area contributed by atoms with E-state index in [1.54, 1.807) is 6.08 Å². The van der Waals surface area contributed by atoms with E-state index in [0.29, 0.717) is 0 Å². The third kappa shape index (κ3) is 0.942. The summed E-state index contributed by atoms with van der Waals surface area (Å²) in [6.07, 6.45) is 4.41. The van der Waals surface area contributed by atoms with Crippen LogP contribution in [0.15, 0.2) is 11.6 Å². The Kier molecular flexibility index (Phi) is 1.63. The summed E-state index contributed by atoms with van der Waals surface area (Å²) < 4.78 is 0. The molecule has 64 valence electrons. The van der Waals surface area contributed by atoms with E-state index >= 15 is 0 Å². The van der Waals surface area contributed by atoms with E-state index < -0.39 is 0 Å². The van der Waals surface area contributed by atoms with E-state index in [0.717, 1.165) is 24.8 Å². The highest BCUT2D eigenvalue weighted by Gasteiger charge is 2.39.